The van der Waals surface area contributed by atoms with E-state index >= 15 is 0 Å². The van der Waals surface area contributed by atoms with Crippen LogP contribution in [0.1, 0.15) is 11.1 Å². The van der Waals surface area contributed by atoms with Gasteiger partial charge in [0.1, 0.15) is 0 Å². The van der Waals surface area contributed by atoms with E-state index in [2.05, 4.69) is 53.8 Å². The van der Waals surface area contributed by atoms with Gasteiger partial charge in [0.15, 0.2) is 5.75 Å². The third-order valence-electron chi connectivity index (χ3n) is 6.36. The summed E-state index contributed by atoms with van der Waals surface area (Å²) in [5.74, 6) is 0.656. The zero-order valence-electron chi connectivity index (χ0n) is 18.3. The summed E-state index contributed by atoms with van der Waals surface area (Å²) in [6.07, 6.45) is -0.253. The number of anilines is 2. The maximum absolute atomic E-state index is 12.9. The molecule has 160 valence electrons. The van der Waals surface area contributed by atoms with Crippen molar-refractivity contribution in [3.63, 3.8) is 0 Å². The number of nitrogens with zero attached hydrogens (tertiary/aromatic N) is 4. The number of carbonyl (C=O) groups excluding carboxylic acids is 1. The van der Waals surface area contributed by atoms with Crippen molar-refractivity contribution >= 4 is 17.5 Å². The summed E-state index contributed by atoms with van der Waals surface area (Å²) >= 11 is 0. The monoisotopic (exact) mass is 408 g/mol. The van der Waals surface area contributed by atoms with Gasteiger partial charge in [-0.05, 0) is 50.2 Å². The molecule has 30 heavy (non-hydrogen) atoms. The van der Waals surface area contributed by atoms with Crippen molar-refractivity contribution in [3.8, 4) is 5.75 Å². The van der Waals surface area contributed by atoms with E-state index < -0.39 is 0 Å². The number of piperazine rings is 2. The molecule has 6 heteroatoms. The third kappa shape index (κ3) is 4.38. The van der Waals surface area contributed by atoms with Crippen LogP contribution in [0.3, 0.4) is 0 Å². The van der Waals surface area contributed by atoms with Crippen LogP contribution in [0.15, 0.2) is 42.5 Å². The van der Waals surface area contributed by atoms with Gasteiger partial charge < -0.3 is 24.3 Å². The van der Waals surface area contributed by atoms with Crippen LogP contribution in [-0.4, -0.2) is 75.3 Å². The Morgan fingerprint density at radius 2 is 1.37 bits per heavy atom. The van der Waals surface area contributed by atoms with Gasteiger partial charge in [0, 0.05) is 58.0 Å². The molecular formula is C24H32N4O2. The maximum Gasteiger partial charge on any atom is 0.415 e. The van der Waals surface area contributed by atoms with Crippen LogP contribution in [-0.2, 0) is 0 Å². The molecule has 0 atom stereocenters. The number of likely N-dealkylation sites (N-methyl/N-ethyl adjacent to an activating group) is 1. The Kier molecular flexibility index (Phi) is 6.13. The summed E-state index contributed by atoms with van der Waals surface area (Å²) in [6, 6.07) is 14.3. The van der Waals surface area contributed by atoms with Gasteiger partial charge >= 0.3 is 6.09 Å². The van der Waals surface area contributed by atoms with Crippen LogP contribution in [0.5, 0.6) is 5.75 Å². The molecule has 0 spiro atoms. The number of rotatable bonds is 3. The summed E-state index contributed by atoms with van der Waals surface area (Å²) in [4.78, 5) is 21.7. The molecule has 2 aromatic rings. The van der Waals surface area contributed by atoms with Crippen molar-refractivity contribution < 1.29 is 9.53 Å². The van der Waals surface area contributed by atoms with Crippen LogP contribution in [0, 0.1) is 13.8 Å². The van der Waals surface area contributed by atoms with Crippen molar-refractivity contribution in [2.24, 2.45) is 0 Å². The highest BCUT2D eigenvalue weighted by Crippen LogP contribution is 2.30. The number of hydrogen-bond acceptors (Lipinski definition) is 5. The lowest BCUT2D eigenvalue weighted by Gasteiger charge is -2.37. The SMILES string of the molecule is Cc1cccc(N2CCN(C(=O)Oc3ccccc3N3CCN(C)CC3)CC2)c1C. The first-order chi connectivity index (χ1) is 14.5. The molecule has 1 amide bonds. The molecule has 2 saturated heterocycles. The molecule has 0 saturated carbocycles. The molecule has 2 aliphatic rings. The van der Waals surface area contributed by atoms with Crippen molar-refractivity contribution in [1.82, 2.24) is 9.80 Å². The Labute approximate surface area is 179 Å². The highest BCUT2D eigenvalue weighted by Gasteiger charge is 2.25. The Morgan fingerprint density at radius 1 is 0.767 bits per heavy atom. The smallest absolute Gasteiger partial charge is 0.408 e. The highest BCUT2D eigenvalue weighted by atomic mass is 16.6. The zero-order valence-corrected chi connectivity index (χ0v) is 18.3. The first-order valence-electron chi connectivity index (χ1n) is 10.8. The molecule has 6 nitrogen and oxygen atoms in total. The molecule has 0 aliphatic carbocycles. The van der Waals surface area contributed by atoms with Gasteiger partial charge in [0.2, 0.25) is 0 Å². The standard InChI is InChI=1S/C24H32N4O2/c1-19-7-6-9-21(20(19)2)26-15-17-28(18-16-26)24(29)30-23-10-5-4-8-22(23)27-13-11-25(3)12-14-27/h4-10H,11-18H2,1-3H3. The number of hydrogen-bond donors (Lipinski definition) is 0. The second-order valence-corrected chi connectivity index (χ2v) is 8.32. The summed E-state index contributed by atoms with van der Waals surface area (Å²) in [5.41, 5.74) is 4.89. The Morgan fingerprint density at radius 3 is 2.10 bits per heavy atom. The average Bonchev–Trinajstić information content (AvgIpc) is 2.77. The number of carbonyl (C=O) groups is 1. The van der Waals surface area contributed by atoms with E-state index in [-0.39, 0.29) is 6.09 Å². The van der Waals surface area contributed by atoms with Gasteiger partial charge in [-0.3, -0.25) is 0 Å². The van der Waals surface area contributed by atoms with E-state index in [0.717, 1.165) is 45.0 Å². The van der Waals surface area contributed by atoms with Gasteiger partial charge in [-0.1, -0.05) is 24.3 Å². The summed E-state index contributed by atoms with van der Waals surface area (Å²) in [6.45, 7) is 11.2. The van der Waals surface area contributed by atoms with Crippen molar-refractivity contribution in [2.75, 3.05) is 69.2 Å². The second kappa shape index (κ2) is 8.96. The second-order valence-electron chi connectivity index (χ2n) is 8.32. The van der Waals surface area contributed by atoms with E-state index in [1.807, 2.05) is 29.2 Å². The minimum Gasteiger partial charge on any atom is -0.408 e. The third-order valence-corrected chi connectivity index (χ3v) is 6.36. The number of ether oxygens (including phenoxy) is 1. The van der Waals surface area contributed by atoms with Crippen molar-refractivity contribution in [1.29, 1.82) is 0 Å². The van der Waals surface area contributed by atoms with Gasteiger partial charge in [-0.2, -0.15) is 0 Å². The fourth-order valence-electron chi connectivity index (χ4n) is 4.22. The first kappa shape index (κ1) is 20.5. The zero-order chi connectivity index (χ0) is 21.1. The number of amides is 1. The first-order valence-corrected chi connectivity index (χ1v) is 10.8. The number of aryl methyl sites for hydroxylation is 1. The number of benzene rings is 2. The van der Waals surface area contributed by atoms with Gasteiger partial charge in [0.25, 0.3) is 0 Å². The molecule has 4 rings (SSSR count). The Hall–Kier alpha value is -2.73. The molecular weight excluding hydrogens is 376 g/mol. The molecule has 0 unspecified atom stereocenters. The predicted molar refractivity (Wildman–Crippen MR) is 122 cm³/mol. The van der Waals surface area contributed by atoms with Crippen LogP contribution in [0.4, 0.5) is 16.2 Å². The molecule has 0 radical (unpaired) electrons. The lowest BCUT2D eigenvalue weighted by atomic mass is 10.1. The molecule has 0 N–H and O–H groups in total. The quantitative estimate of drug-likeness (QED) is 0.779. The van der Waals surface area contributed by atoms with Gasteiger partial charge in [-0.15, -0.1) is 0 Å². The normalized spacial score (nSPS) is 17.9. The minimum atomic E-state index is -0.253. The van der Waals surface area contributed by atoms with E-state index in [4.69, 9.17) is 4.74 Å². The van der Waals surface area contributed by atoms with E-state index in [1.165, 1.54) is 16.8 Å². The van der Waals surface area contributed by atoms with Gasteiger partial charge in [0.05, 0.1) is 5.69 Å². The largest absolute Gasteiger partial charge is 0.415 e. The van der Waals surface area contributed by atoms with Crippen LogP contribution >= 0.6 is 0 Å². The van der Waals surface area contributed by atoms with E-state index in [0.29, 0.717) is 18.8 Å². The topological polar surface area (TPSA) is 39.3 Å². The molecule has 2 fully saturated rings. The average molecular weight is 409 g/mol. The molecule has 0 bridgehead atoms. The lowest BCUT2D eigenvalue weighted by Crippen LogP contribution is -2.50. The van der Waals surface area contributed by atoms with Crippen LogP contribution < -0.4 is 14.5 Å². The van der Waals surface area contributed by atoms with Crippen LogP contribution in [0.2, 0.25) is 0 Å². The van der Waals surface area contributed by atoms with Crippen molar-refractivity contribution in [3.05, 3.63) is 53.6 Å². The Balaban J connectivity index is 1.38. The fraction of sp³-hybridized carbons (Fsp3) is 0.458. The summed E-state index contributed by atoms with van der Waals surface area (Å²) in [7, 11) is 2.14. The molecule has 2 aliphatic heterocycles. The highest BCUT2D eigenvalue weighted by molar-refractivity contribution is 5.74. The summed E-state index contributed by atoms with van der Waals surface area (Å²) < 4.78 is 5.86. The van der Waals surface area contributed by atoms with Gasteiger partial charge in [-0.25, -0.2) is 4.79 Å². The molecule has 0 aromatic heterocycles. The number of para-hydroxylation sites is 2. The van der Waals surface area contributed by atoms with E-state index in [9.17, 15) is 4.79 Å². The molecule has 2 heterocycles. The fourth-order valence-corrected chi connectivity index (χ4v) is 4.22. The van der Waals surface area contributed by atoms with Crippen molar-refractivity contribution in [2.45, 2.75) is 13.8 Å². The predicted octanol–water partition coefficient (Wildman–Crippen LogP) is 3.38. The minimum absolute atomic E-state index is 0.253. The van der Waals surface area contributed by atoms with Crippen LogP contribution in [0.25, 0.3) is 0 Å². The van der Waals surface area contributed by atoms with E-state index in [1.54, 1.807) is 0 Å². The maximum atomic E-state index is 12.9. The molecule has 2 aromatic carbocycles. The summed E-state index contributed by atoms with van der Waals surface area (Å²) in [5, 5.41) is 0. The lowest BCUT2D eigenvalue weighted by molar-refractivity contribution is 0.149. The Bertz CT molecular complexity index is 885.